The number of amides is 3. The van der Waals surface area contributed by atoms with Crippen molar-refractivity contribution in [3.05, 3.63) is 40.9 Å². The predicted octanol–water partition coefficient (Wildman–Crippen LogP) is 3.28. The largest absolute Gasteiger partial charge is 0.356 e. The molecular weight excluding hydrogens is 508 g/mol. The zero-order chi connectivity index (χ0) is 24.6. The summed E-state index contributed by atoms with van der Waals surface area (Å²) < 4.78 is 0.964. The first kappa shape index (κ1) is 24.5. The molecule has 0 unspecified atom stereocenters. The van der Waals surface area contributed by atoms with Crippen molar-refractivity contribution in [2.75, 3.05) is 44.6 Å². The van der Waals surface area contributed by atoms with Crippen molar-refractivity contribution < 1.29 is 14.4 Å². The quantitative estimate of drug-likeness (QED) is 0.390. The molecule has 0 aromatic heterocycles. The summed E-state index contributed by atoms with van der Waals surface area (Å²) >= 11 is 3.43. The Hall–Kier alpha value is -2.19. The van der Waals surface area contributed by atoms with Gasteiger partial charge in [0.15, 0.2) is 0 Å². The minimum absolute atomic E-state index is 0.0270. The average Bonchev–Trinajstić information content (AvgIpc) is 3.52. The Balaban J connectivity index is 1.12. The summed E-state index contributed by atoms with van der Waals surface area (Å²) in [7, 11) is 0. The monoisotopic (exact) mass is 542 g/mol. The van der Waals surface area contributed by atoms with Gasteiger partial charge in [-0.3, -0.25) is 19.3 Å². The van der Waals surface area contributed by atoms with Crippen LogP contribution in [0.15, 0.2) is 40.9 Å². The number of carbonyl (C=O) groups excluding carboxylic acids is 3. The van der Waals surface area contributed by atoms with E-state index in [2.05, 4.69) is 43.6 Å². The first-order valence-corrected chi connectivity index (χ1v) is 13.7. The van der Waals surface area contributed by atoms with Crippen LogP contribution in [0.4, 0.5) is 5.69 Å². The van der Waals surface area contributed by atoms with Gasteiger partial charge in [-0.15, -0.1) is 0 Å². The Morgan fingerprint density at radius 2 is 1.57 bits per heavy atom. The van der Waals surface area contributed by atoms with Crippen LogP contribution in [0.2, 0.25) is 0 Å². The van der Waals surface area contributed by atoms with Gasteiger partial charge in [0.1, 0.15) is 0 Å². The molecule has 4 aliphatic rings. The average molecular weight is 544 g/mol. The third-order valence-electron chi connectivity index (χ3n) is 8.58. The number of hydrogen-bond donors (Lipinski definition) is 2. The van der Waals surface area contributed by atoms with Crippen molar-refractivity contribution in [3.63, 3.8) is 0 Å². The Bertz CT molecular complexity index is 998. The number of rotatable bonds is 8. The molecule has 3 aliphatic carbocycles. The standard InChI is InChI=1S/C27H35BrN4O3/c1-18(33)32-16-14-31(15-17-32)13-3-2-12-29-25(34)23-21-8-9-22(27(21)10-11-27)24(23)26(35)30-20-6-4-19(28)5-7-20/h4-9,21-24H,2-3,10-17H2,1H3,(H,29,34)(H,30,35)/t21-,22+,23-,24-/m1/s1. The first-order valence-electron chi connectivity index (χ1n) is 12.9. The normalized spacial score (nSPS) is 28.3. The van der Waals surface area contributed by atoms with E-state index in [0.29, 0.717) is 6.54 Å². The molecule has 5 rings (SSSR count). The summed E-state index contributed by atoms with van der Waals surface area (Å²) in [5.74, 6) is -0.131. The van der Waals surface area contributed by atoms with Gasteiger partial charge < -0.3 is 15.5 Å². The number of anilines is 1. The Morgan fingerprint density at radius 1 is 0.943 bits per heavy atom. The summed E-state index contributed by atoms with van der Waals surface area (Å²) in [6.07, 6.45) is 8.53. The molecule has 35 heavy (non-hydrogen) atoms. The van der Waals surface area contributed by atoms with Gasteiger partial charge in [-0.2, -0.15) is 0 Å². The fourth-order valence-corrected chi connectivity index (χ4v) is 6.81. The lowest BCUT2D eigenvalue weighted by Crippen LogP contribution is -2.48. The molecule has 7 nitrogen and oxygen atoms in total. The van der Waals surface area contributed by atoms with E-state index in [0.717, 1.165) is 68.6 Å². The third-order valence-corrected chi connectivity index (χ3v) is 9.11. The third kappa shape index (κ3) is 4.92. The van der Waals surface area contributed by atoms with Crippen LogP contribution >= 0.6 is 15.9 Å². The molecule has 1 spiro atoms. The molecule has 8 heteroatoms. The van der Waals surface area contributed by atoms with Gasteiger partial charge in [0.2, 0.25) is 17.7 Å². The number of halogens is 1. The number of nitrogens with one attached hydrogen (secondary N) is 2. The van der Waals surface area contributed by atoms with Crippen LogP contribution < -0.4 is 10.6 Å². The Labute approximate surface area is 215 Å². The lowest BCUT2D eigenvalue weighted by Gasteiger charge is -2.34. The molecule has 1 aromatic carbocycles. The van der Waals surface area contributed by atoms with E-state index in [4.69, 9.17) is 0 Å². The maximum atomic E-state index is 13.4. The van der Waals surface area contributed by atoms with Gasteiger partial charge in [-0.1, -0.05) is 28.1 Å². The number of piperazine rings is 1. The molecule has 2 bridgehead atoms. The van der Waals surface area contributed by atoms with Gasteiger partial charge in [0.25, 0.3) is 0 Å². The van der Waals surface area contributed by atoms with Crippen LogP contribution in [0.3, 0.4) is 0 Å². The topological polar surface area (TPSA) is 81.8 Å². The molecule has 3 fully saturated rings. The van der Waals surface area contributed by atoms with Crippen molar-refractivity contribution in [1.82, 2.24) is 15.1 Å². The summed E-state index contributed by atoms with van der Waals surface area (Å²) in [4.78, 5) is 42.5. The summed E-state index contributed by atoms with van der Waals surface area (Å²) in [5.41, 5.74) is 0.893. The van der Waals surface area contributed by atoms with E-state index in [1.165, 1.54) is 0 Å². The molecule has 2 N–H and O–H groups in total. The minimum atomic E-state index is -0.311. The molecule has 1 aliphatic heterocycles. The molecule has 4 atom stereocenters. The molecule has 1 heterocycles. The van der Waals surface area contributed by atoms with Crippen molar-refractivity contribution in [1.29, 1.82) is 0 Å². The highest BCUT2D eigenvalue weighted by atomic mass is 79.9. The van der Waals surface area contributed by atoms with E-state index in [1.807, 2.05) is 29.2 Å². The van der Waals surface area contributed by atoms with Gasteiger partial charge in [-0.05, 0) is 73.7 Å². The molecule has 3 amide bonds. The summed E-state index contributed by atoms with van der Waals surface area (Å²) in [6, 6.07) is 7.58. The summed E-state index contributed by atoms with van der Waals surface area (Å²) in [6.45, 7) is 6.69. The van der Waals surface area contributed by atoms with Crippen molar-refractivity contribution in [2.45, 2.75) is 32.6 Å². The van der Waals surface area contributed by atoms with Gasteiger partial charge >= 0.3 is 0 Å². The highest BCUT2D eigenvalue weighted by Crippen LogP contribution is 2.72. The lowest BCUT2D eigenvalue weighted by molar-refractivity contribution is -0.132. The van der Waals surface area contributed by atoms with Crippen LogP contribution in [0.5, 0.6) is 0 Å². The van der Waals surface area contributed by atoms with Crippen LogP contribution in [-0.4, -0.2) is 66.8 Å². The molecule has 188 valence electrons. The molecule has 0 radical (unpaired) electrons. The van der Waals surface area contributed by atoms with Crippen LogP contribution in [0.25, 0.3) is 0 Å². The van der Waals surface area contributed by atoms with Crippen LogP contribution in [0.1, 0.15) is 32.6 Å². The number of nitrogens with zero attached hydrogens (tertiary/aromatic N) is 2. The number of hydrogen-bond acceptors (Lipinski definition) is 4. The van der Waals surface area contributed by atoms with Crippen LogP contribution in [0, 0.1) is 29.1 Å². The zero-order valence-corrected chi connectivity index (χ0v) is 21.9. The van der Waals surface area contributed by atoms with Gasteiger partial charge in [0, 0.05) is 49.8 Å². The van der Waals surface area contributed by atoms with E-state index in [-0.39, 0.29) is 46.8 Å². The second-order valence-corrected chi connectivity index (χ2v) is 11.5. The van der Waals surface area contributed by atoms with E-state index >= 15 is 0 Å². The molecule has 1 aromatic rings. The van der Waals surface area contributed by atoms with E-state index < -0.39 is 0 Å². The highest BCUT2D eigenvalue weighted by molar-refractivity contribution is 9.10. The highest BCUT2D eigenvalue weighted by Gasteiger charge is 2.69. The van der Waals surface area contributed by atoms with Gasteiger partial charge in [0.05, 0.1) is 11.8 Å². The maximum absolute atomic E-state index is 13.4. The molecule has 2 saturated carbocycles. The second kappa shape index (κ2) is 10.1. The van der Waals surface area contributed by atoms with Gasteiger partial charge in [-0.25, -0.2) is 0 Å². The number of unbranched alkanes of at least 4 members (excludes halogenated alkanes) is 1. The zero-order valence-electron chi connectivity index (χ0n) is 20.3. The van der Waals surface area contributed by atoms with Crippen molar-refractivity contribution in [2.24, 2.45) is 29.1 Å². The molecular formula is C27H35BrN4O3. The first-order chi connectivity index (χ1) is 16.9. The summed E-state index contributed by atoms with van der Waals surface area (Å²) in [5, 5.41) is 6.23. The molecule has 1 saturated heterocycles. The number of benzene rings is 1. The lowest BCUT2D eigenvalue weighted by atomic mass is 9.81. The van der Waals surface area contributed by atoms with E-state index in [1.54, 1.807) is 6.92 Å². The predicted molar refractivity (Wildman–Crippen MR) is 138 cm³/mol. The fraction of sp³-hybridized carbons (Fsp3) is 0.593. The fourth-order valence-electron chi connectivity index (χ4n) is 6.54. The SMILES string of the molecule is CC(=O)N1CCN(CCCCNC(=O)[C@H]2[C@H](C(=O)Nc3ccc(Br)cc3)[C@@H]3C=C[C@H]2C32CC2)CC1. The maximum Gasteiger partial charge on any atom is 0.228 e. The second-order valence-electron chi connectivity index (χ2n) is 10.6. The van der Waals surface area contributed by atoms with E-state index in [9.17, 15) is 14.4 Å². The number of carbonyl (C=O) groups is 3. The Kier molecular flexibility index (Phi) is 7.04. The van der Waals surface area contributed by atoms with Crippen molar-refractivity contribution in [3.8, 4) is 0 Å². The van der Waals surface area contributed by atoms with Crippen molar-refractivity contribution >= 4 is 39.3 Å². The number of allylic oxidation sites excluding steroid dienone is 2. The minimum Gasteiger partial charge on any atom is -0.356 e. The van der Waals surface area contributed by atoms with Crippen LogP contribution in [-0.2, 0) is 14.4 Å². The smallest absolute Gasteiger partial charge is 0.228 e. The Morgan fingerprint density at radius 3 is 2.17 bits per heavy atom.